The summed E-state index contributed by atoms with van der Waals surface area (Å²) in [5.41, 5.74) is 7.87. The molecule has 5 aromatic carbocycles. The Bertz CT molecular complexity index is 2350. The summed E-state index contributed by atoms with van der Waals surface area (Å²) < 4.78 is 17.4. The third-order valence-corrected chi connectivity index (χ3v) is 7.74. The van der Waals surface area contributed by atoms with Gasteiger partial charge < -0.3 is 8.83 Å². The molecule has 0 bridgehead atoms. The van der Waals surface area contributed by atoms with Gasteiger partial charge in [0.2, 0.25) is 11.4 Å². The van der Waals surface area contributed by atoms with Crippen molar-refractivity contribution in [2.75, 3.05) is 0 Å². The highest BCUT2D eigenvalue weighted by Gasteiger charge is 2.22. The van der Waals surface area contributed by atoms with Crippen LogP contribution in [0.15, 0.2) is 130 Å². The van der Waals surface area contributed by atoms with Crippen LogP contribution in [-0.4, -0.2) is 9.13 Å². The molecular formula is C34H20N2O2. The molecule has 4 heteroatoms. The summed E-state index contributed by atoms with van der Waals surface area (Å²) in [6.07, 6.45) is 0. The van der Waals surface area contributed by atoms with Crippen LogP contribution < -0.4 is 0 Å². The highest BCUT2D eigenvalue weighted by atomic mass is 16.3. The molecule has 9 rings (SSSR count). The summed E-state index contributed by atoms with van der Waals surface area (Å²) in [6.45, 7) is 0. The van der Waals surface area contributed by atoms with E-state index in [2.05, 4.69) is 100 Å². The predicted molar refractivity (Wildman–Crippen MR) is 155 cm³/mol. The van der Waals surface area contributed by atoms with Crippen LogP contribution >= 0.6 is 0 Å². The molecule has 178 valence electrons. The summed E-state index contributed by atoms with van der Waals surface area (Å²) in [7, 11) is 0. The van der Waals surface area contributed by atoms with Crippen LogP contribution in [0.25, 0.3) is 77.3 Å². The van der Waals surface area contributed by atoms with E-state index in [9.17, 15) is 0 Å². The lowest BCUT2D eigenvalue weighted by molar-refractivity contribution is 0.644. The Labute approximate surface area is 216 Å². The SMILES string of the molecule is c1ccc(-n2c3ccc(-n4c5ccccc5c5c6ccccc6oc54)cc3c3c4ccccc4oc32)cc1. The highest BCUT2D eigenvalue weighted by Crippen LogP contribution is 2.42. The number of fused-ring (bicyclic) bond motifs is 10. The van der Waals surface area contributed by atoms with Crippen LogP contribution in [0.2, 0.25) is 0 Å². The fraction of sp³-hybridized carbons (Fsp3) is 0. The molecule has 0 amide bonds. The van der Waals surface area contributed by atoms with Gasteiger partial charge in [-0.2, -0.15) is 0 Å². The smallest absolute Gasteiger partial charge is 0.213 e. The second kappa shape index (κ2) is 7.17. The predicted octanol–water partition coefficient (Wildman–Crippen LogP) is 9.37. The van der Waals surface area contributed by atoms with Gasteiger partial charge in [0.1, 0.15) is 11.2 Å². The number of hydrogen-bond acceptors (Lipinski definition) is 2. The van der Waals surface area contributed by atoms with Gasteiger partial charge in [-0.3, -0.25) is 9.13 Å². The molecule has 0 atom stereocenters. The van der Waals surface area contributed by atoms with E-state index in [1.807, 2.05) is 30.3 Å². The van der Waals surface area contributed by atoms with Gasteiger partial charge in [0, 0.05) is 32.9 Å². The molecule has 4 heterocycles. The Balaban J connectivity index is 1.44. The van der Waals surface area contributed by atoms with E-state index < -0.39 is 0 Å². The average molecular weight is 489 g/mol. The molecule has 4 aromatic heterocycles. The molecular weight excluding hydrogens is 468 g/mol. The van der Waals surface area contributed by atoms with Crippen LogP contribution in [0.5, 0.6) is 0 Å². The minimum Gasteiger partial charge on any atom is -0.439 e. The van der Waals surface area contributed by atoms with E-state index in [0.29, 0.717) is 0 Å². The fourth-order valence-corrected chi connectivity index (χ4v) is 6.15. The molecule has 38 heavy (non-hydrogen) atoms. The van der Waals surface area contributed by atoms with E-state index in [4.69, 9.17) is 8.83 Å². The number of para-hydroxylation sites is 4. The minimum absolute atomic E-state index is 0.857. The van der Waals surface area contributed by atoms with E-state index in [1.165, 1.54) is 5.39 Å². The molecule has 9 aromatic rings. The number of rotatable bonds is 2. The molecule has 4 nitrogen and oxygen atoms in total. The zero-order chi connectivity index (χ0) is 24.8. The molecule has 0 fully saturated rings. The molecule has 0 aliphatic carbocycles. The number of benzene rings is 5. The van der Waals surface area contributed by atoms with Crippen LogP contribution in [0, 0.1) is 0 Å². The van der Waals surface area contributed by atoms with Crippen LogP contribution in [0.4, 0.5) is 0 Å². The highest BCUT2D eigenvalue weighted by molar-refractivity contribution is 6.22. The lowest BCUT2D eigenvalue weighted by Gasteiger charge is -2.09. The molecule has 0 spiro atoms. The maximum Gasteiger partial charge on any atom is 0.213 e. The Morgan fingerprint density at radius 3 is 1.63 bits per heavy atom. The Hall–Kier alpha value is -5.22. The van der Waals surface area contributed by atoms with Gasteiger partial charge in [-0.15, -0.1) is 0 Å². The van der Waals surface area contributed by atoms with Gasteiger partial charge >= 0.3 is 0 Å². The van der Waals surface area contributed by atoms with Crippen LogP contribution in [0.3, 0.4) is 0 Å². The standard InChI is InChI=1S/C34H20N2O2/c1-2-10-21(11-3-1)35-28-19-18-22(20-26(28)32-25-14-6-9-17-30(25)38-34(32)35)36-27-15-7-4-12-23(27)31-24-13-5-8-16-29(24)37-33(31)36/h1-20H. The zero-order valence-corrected chi connectivity index (χ0v) is 20.3. The van der Waals surface area contributed by atoms with Gasteiger partial charge in [-0.05, 0) is 48.5 Å². The third-order valence-electron chi connectivity index (χ3n) is 7.74. The number of aromatic nitrogens is 2. The van der Waals surface area contributed by atoms with Crippen molar-refractivity contribution in [2.45, 2.75) is 0 Å². The topological polar surface area (TPSA) is 36.1 Å². The van der Waals surface area contributed by atoms with Gasteiger partial charge in [0.05, 0.1) is 21.8 Å². The Morgan fingerprint density at radius 1 is 0.395 bits per heavy atom. The minimum atomic E-state index is 0.857. The van der Waals surface area contributed by atoms with Crippen molar-refractivity contribution < 1.29 is 8.83 Å². The lowest BCUT2D eigenvalue weighted by Crippen LogP contribution is -1.95. The van der Waals surface area contributed by atoms with E-state index >= 15 is 0 Å². The van der Waals surface area contributed by atoms with Crippen LogP contribution in [0.1, 0.15) is 0 Å². The number of nitrogens with zero attached hydrogens (tertiary/aromatic N) is 2. The molecule has 0 saturated carbocycles. The number of furan rings is 2. The van der Waals surface area contributed by atoms with E-state index in [0.717, 1.165) is 71.9 Å². The van der Waals surface area contributed by atoms with Crippen LogP contribution in [-0.2, 0) is 0 Å². The molecule has 0 saturated heterocycles. The van der Waals surface area contributed by atoms with Crippen molar-refractivity contribution >= 4 is 65.9 Å². The molecule has 0 radical (unpaired) electrons. The first-order valence-corrected chi connectivity index (χ1v) is 12.8. The average Bonchev–Trinajstić information content (AvgIpc) is 3.69. The van der Waals surface area contributed by atoms with E-state index in [1.54, 1.807) is 0 Å². The maximum absolute atomic E-state index is 6.49. The summed E-state index contributed by atoms with van der Waals surface area (Å²) in [5, 5.41) is 6.86. The molecule has 0 N–H and O–H groups in total. The fourth-order valence-electron chi connectivity index (χ4n) is 6.15. The van der Waals surface area contributed by atoms with Crippen molar-refractivity contribution in [1.82, 2.24) is 9.13 Å². The first-order valence-electron chi connectivity index (χ1n) is 12.8. The second-order valence-corrected chi connectivity index (χ2v) is 9.78. The monoisotopic (exact) mass is 488 g/mol. The number of hydrogen-bond donors (Lipinski definition) is 0. The first kappa shape index (κ1) is 19.9. The summed E-state index contributed by atoms with van der Waals surface area (Å²) in [6, 6.07) is 42.2. The van der Waals surface area contributed by atoms with Crippen molar-refractivity contribution in [1.29, 1.82) is 0 Å². The lowest BCUT2D eigenvalue weighted by atomic mass is 10.1. The summed E-state index contributed by atoms with van der Waals surface area (Å²) in [4.78, 5) is 0. The normalized spacial score (nSPS) is 12.2. The first-order chi connectivity index (χ1) is 18.9. The van der Waals surface area contributed by atoms with Crippen molar-refractivity contribution in [3.05, 3.63) is 121 Å². The van der Waals surface area contributed by atoms with Crippen molar-refractivity contribution in [2.24, 2.45) is 0 Å². The summed E-state index contributed by atoms with van der Waals surface area (Å²) >= 11 is 0. The van der Waals surface area contributed by atoms with Gasteiger partial charge in [0.25, 0.3) is 0 Å². The van der Waals surface area contributed by atoms with Gasteiger partial charge in [-0.1, -0.05) is 72.8 Å². The molecule has 0 aliphatic heterocycles. The van der Waals surface area contributed by atoms with Crippen molar-refractivity contribution in [3.8, 4) is 11.4 Å². The largest absolute Gasteiger partial charge is 0.439 e. The quantitative estimate of drug-likeness (QED) is 0.243. The van der Waals surface area contributed by atoms with Crippen molar-refractivity contribution in [3.63, 3.8) is 0 Å². The van der Waals surface area contributed by atoms with Gasteiger partial charge in [-0.25, -0.2) is 0 Å². The zero-order valence-electron chi connectivity index (χ0n) is 20.3. The van der Waals surface area contributed by atoms with E-state index in [-0.39, 0.29) is 0 Å². The molecule has 0 aliphatic rings. The second-order valence-electron chi connectivity index (χ2n) is 9.78. The Morgan fingerprint density at radius 2 is 0.921 bits per heavy atom. The van der Waals surface area contributed by atoms with Gasteiger partial charge in [0.15, 0.2) is 0 Å². The Kier molecular flexibility index (Phi) is 3.76. The third kappa shape index (κ3) is 2.49. The summed E-state index contributed by atoms with van der Waals surface area (Å²) in [5.74, 6) is 0. The maximum atomic E-state index is 6.49. The molecule has 0 unspecified atom stereocenters.